The molecule has 2 N–H and O–H groups in total. The first-order valence-corrected chi connectivity index (χ1v) is 11.4. The molecule has 0 aromatic heterocycles. The van der Waals surface area contributed by atoms with Crippen molar-refractivity contribution >= 4 is 5.97 Å². The van der Waals surface area contributed by atoms with E-state index in [1.54, 1.807) is 12.1 Å². The van der Waals surface area contributed by atoms with Crippen molar-refractivity contribution in [1.82, 2.24) is 0 Å². The smallest absolute Gasteiger partial charge is 0.335 e. The Morgan fingerprint density at radius 3 is 2.66 bits per heavy atom. The molecule has 0 radical (unpaired) electrons. The molecule has 0 heterocycles. The minimum atomic E-state index is -0.933. The highest BCUT2D eigenvalue weighted by atomic mass is 16.4. The lowest BCUT2D eigenvalue weighted by molar-refractivity contribution is -0.107. The zero-order chi connectivity index (χ0) is 21.0. The van der Waals surface area contributed by atoms with Crippen molar-refractivity contribution in [3.05, 3.63) is 41.0 Å². The average molecular weight is 397 g/mol. The third-order valence-electron chi connectivity index (χ3n) is 8.99. The van der Waals surface area contributed by atoms with Crippen LogP contribution in [-0.2, 0) is 6.42 Å². The highest BCUT2D eigenvalue weighted by molar-refractivity contribution is 5.88. The molecule has 4 rings (SSSR count). The van der Waals surface area contributed by atoms with Gasteiger partial charge in [0.1, 0.15) is 5.75 Å². The van der Waals surface area contributed by atoms with Gasteiger partial charge in [-0.3, -0.25) is 0 Å². The summed E-state index contributed by atoms with van der Waals surface area (Å²) in [6.45, 7) is 9.75. The Kier molecular flexibility index (Phi) is 5.07. The van der Waals surface area contributed by atoms with Crippen LogP contribution in [0.25, 0.3) is 0 Å². The van der Waals surface area contributed by atoms with Crippen LogP contribution in [0, 0.1) is 34.5 Å². The predicted molar refractivity (Wildman–Crippen MR) is 116 cm³/mol. The van der Waals surface area contributed by atoms with Crippen molar-refractivity contribution < 1.29 is 15.0 Å². The zero-order valence-electron chi connectivity index (χ0n) is 18.4. The van der Waals surface area contributed by atoms with Gasteiger partial charge < -0.3 is 10.2 Å². The summed E-state index contributed by atoms with van der Waals surface area (Å²) in [7, 11) is 0. The SMILES string of the molecule is CC1=CCC2C(CC[C@H]3C(C)(C)CCC[C@]23C)[C@@H]1Cc1cc(C(=O)O)ccc1O. The van der Waals surface area contributed by atoms with Crippen molar-refractivity contribution in [3.8, 4) is 5.75 Å². The molecule has 0 amide bonds. The molecule has 158 valence electrons. The van der Waals surface area contributed by atoms with Crippen LogP contribution < -0.4 is 0 Å². The van der Waals surface area contributed by atoms with Gasteiger partial charge in [-0.05, 0) is 104 Å². The molecule has 0 spiro atoms. The summed E-state index contributed by atoms with van der Waals surface area (Å²) in [5.41, 5.74) is 3.28. The van der Waals surface area contributed by atoms with Gasteiger partial charge >= 0.3 is 5.97 Å². The number of phenols is 1. The molecule has 3 aliphatic carbocycles. The largest absolute Gasteiger partial charge is 0.508 e. The van der Waals surface area contributed by atoms with Crippen LogP contribution in [0.5, 0.6) is 5.75 Å². The molecule has 2 unspecified atom stereocenters. The summed E-state index contributed by atoms with van der Waals surface area (Å²) < 4.78 is 0. The molecular formula is C26H36O3. The molecule has 3 aliphatic rings. The van der Waals surface area contributed by atoms with E-state index in [0.29, 0.717) is 28.6 Å². The molecule has 2 fully saturated rings. The van der Waals surface area contributed by atoms with Crippen LogP contribution in [0.3, 0.4) is 0 Å². The molecule has 5 atom stereocenters. The molecule has 29 heavy (non-hydrogen) atoms. The fourth-order valence-electron chi connectivity index (χ4n) is 7.54. The number of rotatable bonds is 3. The monoisotopic (exact) mass is 396 g/mol. The number of benzene rings is 1. The van der Waals surface area contributed by atoms with Gasteiger partial charge in [-0.2, -0.15) is 0 Å². The molecule has 0 saturated heterocycles. The molecule has 0 bridgehead atoms. The quantitative estimate of drug-likeness (QED) is 0.577. The maximum absolute atomic E-state index is 11.4. The van der Waals surface area contributed by atoms with E-state index < -0.39 is 5.97 Å². The highest BCUT2D eigenvalue weighted by Gasteiger charge is 2.56. The summed E-state index contributed by atoms with van der Waals surface area (Å²) in [6, 6.07) is 4.70. The third-order valence-corrected chi connectivity index (χ3v) is 8.99. The number of phenolic OH excluding ortho intramolecular Hbond substituents is 1. The van der Waals surface area contributed by atoms with Gasteiger partial charge in [0, 0.05) is 0 Å². The Morgan fingerprint density at radius 1 is 1.17 bits per heavy atom. The first-order chi connectivity index (χ1) is 13.6. The van der Waals surface area contributed by atoms with Gasteiger partial charge in [0.15, 0.2) is 0 Å². The standard InChI is InChI=1S/C26H36O3/c1-16-6-9-21-19(8-11-23-25(2,3)12-5-13-26(21,23)4)20(16)15-18-14-17(24(28)29)7-10-22(18)27/h6-7,10,14,19-21,23,27H,5,8-9,11-13,15H2,1-4H3,(H,28,29)/t19?,20-,21?,23+,26-/m1/s1. The average Bonchev–Trinajstić information content (AvgIpc) is 2.64. The molecule has 1 aromatic carbocycles. The minimum absolute atomic E-state index is 0.226. The summed E-state index contributed by atoms with van der Waals surface area (Å²) in [4.78, 5) is 11.4. The third kappa shape index (κ3) is 3.41. The van der Waals surface area contributed by atoms with Crippen molar-refractivity contribution in [2.24, 2.45) is 34.5 Å². The summed E-state index contributed by atoms with van der Waals surface area (Å²) in [5, 5.41) is 19.8. The number of carboxylic acids is 1. The summed E-state index contributed by atoms with van der Waals surface area (Å²) in [6.07, 6.45) is 10.9. The number of carbonyl (C=O) groups is 1. The van der Waals surface area contributed by atoms with E-state index in [1.165, 1.54) is 50.2 Å². The van der Waals surface area contributed by atoms with Gasteiger partial charge in [0.05, 0.1) is 5.56 Å². The van der Waals surface area contributed by atoms with E-state index in [0.717, 1.165) is 17.9 Å². The molecular weight excluding hydrogens is 360 g/mol. The molecule has 1 aromatic rings. The second-order valence-electron chi connectivity index (χ2n) is 10.9. The Hall–Kier alpha value is -1.77. The van der Waals surface area contributed by atoms with Crippen LogP contribution >= 0.6 is 0 Å². The summed E-state index contributed by atoms with van der Waals surface area (Å²) >= 11 is 0. The molecule has 3 heteroatoms. The van der Waals surface area contributed by atoms with Crippen LogP contribution in [0.2, 0.25) is 0 Å². The number of aromatic hydroxyl groups is 1. The van der Waals surface area contributed by atoms with E-state index in [9.17, 15) is 15.0 Å². The van der Waals surface area contributed by atoms with Crippen LogP contribution in [0.1, 0.15) is 82.1 Å². The Labute approximate surface area is 175 Å². The highest BCUT2D eigenvalue weighted by Crippen LogP contribution is 2.64. The molecule has 3 nitrogen and oxygen atoms in total. The fourth-order valence-corrected chi connectivity index (χ4v) is 7.54. The number of hydrogen-bond donors (Lipinski definition) is 2. The first-order valence-electron chi connectivity index (χ1n) is 11.4. The van der Waals surface area contributed by atoms with Gasteiger partial charge in [-0.15, -0.1) is 0 Å². The zero-order valence-corrected chi connectivity index (χ0v) is 18.4. The molecule has 0 aliphatic heterocycles. The first kappa shape index (κ1) is 20.5. The Bertz CT molecular complexity index is 836. The Balaban J connectivity index is 1.65. The van der Waals surface area contributed by atoms with Crippen LogP contribution in [-0.4, -0.2) is 16.2 Å². The maximum atomic E-state index is 11.4. The van der Waals surface area contributed by atoms with Gasteiger partial charge in [-0.1, -0.05) is 38.8 Å². The lowest BCUT2D eigenvalue weighted by atomic mass is 9.43. The van der Waals surface area contributed by atoms with E-state index in [2.05, 4.69) is 33.8 Å². The lowest BCUT2D eigenvalue weighted by Crippen LogP contribution is -2.53. The maximum Gasteiger partial charge on any atom is 0.335 e. The fraction of sp³-hybridized carbons (Fsp3) is 0.654. The van der Waals surface area contributed by atoms with Gasteiger partial charge in [0.2, 0.25) is 0 Å². The second-order valence-corrected chi connectivity index (χ2v) is 10.9. The number of carboxylic acid groups (broad SMARTS) is 1. The van der Waals surface area contributed by atoms with E-state index >= 15 is 0 Å². The van der Waals surface area contributed by atoms with Crippen molar-refractivity contribution in [3.63, 3.8) is 0 Å². The van der Waals surface area contributed by atoms with Crippen molar-refractivity contribution in [1.29, 1.82) is 0 Å². The lowest BCUT2D eigenvalue weighted by Gasteiger charge is -2.61. The van der Waals surface area contributed by atoms with Crippen molar-refractivity contribution in [2.45, 2.75) is 72.6 Å². The van der Waals surface area contributed by atoms with E-state index in [4.69, 9.17) is 0 Å². The van der Waals surface area contributed by atoms with Crippen LogP contribution in [0.15, 0.2) is 29.8 Å². The van der Waals surface area contributed by atoms with E-state index in [1.807, 2.05) is 0 Å². The number of hydrogen-bond acceptors (Lipinski definition) is 2. The van der Waals surface area contributed by atoms with Gasteiger partial charge in [-0.25, -0.2) is 4.79 Å². The number of aromatic carboxylic acids is 1. The van der Waals surface area contributed by atoms with E-state index in [-0.39, 0.29) is 11.3 Å². The number of fused-ring (bicyclic) bond motifs is 3. The summed E-state index contributed by atoms with van der Waals surface area (Å²) in [5.74, 6) is 1.80. The minimum Gasteiger partial charge on any atom is -0.508 e. The normalized spacial score (nSPS) is 35.9. The topological polar surface area (TPSA) is 57.5 Å². The van der Waals surface area contributed by atoms with Crippen molar-refractivity contribution in [2.75, 3.05) is 0 Å². The van der Waals surface area contributed by atoms with Crippen LogP contribution in [0.4, 0.5) is 0 Å². The van der Waals surface area contributed by atoms with Gasteiger partial charge in [0.25, 0.3) is 0 Å². The second kappa shape index (κ2) is 7.18. The number of allylic oxidation sites excluding steroid dienone is 2. The Morgan fingerprint density at radius 2 is 1.93 bits per heavy atom. The molecule has 2 saturated carbocycles. The predicted octanol–water partition coefficient (Wildman–Crippen LogP) is 6.46.